The number of nitrogens with one attached hydrogen (secondary N) is 1. The van der Waals surface area contributed by atoms with Gasteiger partial charge in [0, 0.05) is 11.9 Å². The van der Waals surface area contributed by atoms with Gasteiger partial charge in [0.1, 0.15) is 0 Å². The summed E-state index contributed by atoms with van der Waals surface area (Å²) in [7, 11) is 0. The minimum Gasteiger partial charge on any atom is -0.362 e. The minimum absolute atomic E-state index is 0.0634. The van der Waals surface area contributed by atoms with E-state index in [1.54, 1.807) is 4.90 Å². The maximum absolute atomic E-state index is 12.6. The Kier molecular flexibility index (Phi) is 3.69. The summed E-state index contributed by atoms with van der Waals surface area (Å²) in [4.78, 5) is 17.9. The molecule has 1 fully saturated rings. The molecule has 3 nitrogen and oxygen atoms in total. The average Bonchev–Trinajstić information content (AvgIpc) is 3.02. The number of carbonyl (C=O) groups is 1. The molecule has 0 saturated carbocycles. The van der Waals surface area contributed by atoms with Crippen LogP contribution in [-0.2, 0) is 4.79 Å². The molecule has 2 heterocycles. The summed E-state index contributed by atoms with van der Waals surface area (Å²) < 4.78 is 0.574. The lowest BCUT2D eigenvalue weighted by atomic mass is 10.1. The van der Waals surface area contributed by atoms with E-state index < -0.39 is 0 Å². The Morgan fingerprint density at radius 3 is 2.76 bits per heavy atom. The number of hydrogen-bond donors (Lipinski definition) is 1. The normalized spacial score (nSPS) is 17.0. The molecule has 1 aromatic carbocycles. The Hall–Kier alpha value is -1.85. The molecule has 1 N–H and O–H groups in total. The third-order valence-electron chi connectivity index (χ3n) is 3.30. The van der Waals surface area contributed by atoms with E-state index >= 15 is 0 Å². The number of H-pyrrole nitrogens is 1. The SMILES string of the molecule is Cc1ccc(N2C(=O)/C(=C/c3ccc[nH]3)SC2=S)c(C)c1. The highest BCUT2D eigenvalue weighted by atomic mass is 32.2. The van der Waals surface area contributed by atoms with Crippen LogP contribution in [0.5, 0.6) is 0 Å². The minimum atomic E-state index is -0.0634. The van der Waals surface area contributed by atoms with Gasteiger partial charge in [-0.15, -0.1) is 0 Å². The molecule has 0 unspecified atom stereocenters. The first-order valence-electron chi connectivity index (χ1n) is 6.55. The highest BCUT2D eigenvalue weighted by Crippen LogP contribution is 2.37. The Morgan fingerprint density at radius 2 is 2.10 bits per heavy atom. The number of aryl methyl sites for hydroxylation is 2. The summed E-state index contributed by atoms with van der Waals surface area (Å²) in [5.41, 5.74) is 3.98. The summed E-state index contributed by atoms with van der Waals surface area (Å²) >= 11 is 6.72. The molecule has 106 valence electrons. The molecule has 1 saturated heterocycles. The van der Waals surface area contributed by atoms with Crippen LogP contribution in [0.2, 0.25) is 0 Å². The molecule has 0 spiro atoms. The summed E-state index contributed by atoms with van der Waals surface area (Å²) in [6, 6.07) is 9.82. The monoisotopic (exact) mass is 314 g/mol. The van der Waals surface area contributed by atoms with Crippen molar-refractivity contribution in [3.05, 3.63) is 58.3 Å². The molecule has 2 aromatic rings. The second-order valence-electron chi connectivity index (χ2n) is 4.93. The lowest BCUT2D eigenvalue weighted by Crippen LogP contribution is -2.28. The van der Waals surface area contributed by atoms with Crippen molar-refractivity contribution in [3.8, 4) is 0 Å². The number of hydrogen-bond acceptors (Lipinski definition) is 3. The van der Waals surface area contributed by atoms with E-state index in [4.69, 9.17) is 12.2 Å². The summed E-state index contributed by atoms with van der Waals surface area (Å²) in [6.07, 6.45) is 3.67. The molecular weight excluding hydrogens is 300 g/mol. The second kappa shape index (κ2) is 5.50. The number of carbonyl (C=O) groups excluding carboxylic acids is 1. The van der Waals surface area contributed by atoms with Crippen molar-refractivity contribution in [1.29, 1.82) is 0 Å². The number of thiocarbonyl (C=S) groups is 1. The molecule has 1 amide bonds. The van der Waals surface area contributed by atoms with Crippen molar-refractivity contribution in [2.45, 2.75) is 13.8 Å². The van der Waals surface area contributed by atoms with Crippen LogP contribution in [0, 0.1) is 13.8 Å². The van der Waals surface area contributed by atoms with E-state index in [2.05, 4.69) is 11.1 Å². The molecule has 0 aliphatic carbocycles. The maximum atomic E-state index is 12.6. The maximum Gasteiger partial charge on any atom is 0.270 e. The largest absolute Gasteiger partial charge is 0.362 e. The van der Waals surface area contributed by atoms with Crippen LogP contribution < -0.4 is 4.90 Å². The van der Waals surface area contributed by atoms with Crippen LogP contribution in [0.4, 0.5) is 5.69 Å². The van der Waals surface area contributed by atoms with E-state index in [1.807, 2.05) is 50.4 Å². The lowest BCUT2D eigenvalue weighted by molar-refractivity contribution is -0.113. The topological polar surface area (TPSA) is 36.1 Å². The molecule has 1 aromatic heterocycles. The van der Waals surface area contributed by atoms with Gasteiger partial charge in [0.15, 0.2) is 4.32 Å². The highest BCUT2D eigenvalue weighted by Gasteiger charge is 2.34. The Balaban J connectivity index is 1.98. The Bertz CT molecular complexity index is 748. The van der Waals surface area contributed by atoms with Crippen molar-refractivity contribution in [1.82, 2.24) is 4.98 Å². The Labute approximate surface area is 133 Å². The fraction of sp³-hybridized carbons (Fsp3) is 0.125. The van der Waals surface area contributed by atoms with Gasteiger partial charge in [0.2, 0.25) is 0 Å². The van der Waals surface area contributed by atoms with Gasteiger partial charge >= 0.3 is 0 Å². The lowest BCUT2D eigenvalue weighted by Gasteiger charge is -2.17. The van der Waals surface area contributed by atoms with E-state index in [1.165, 1.54) is 17.3 Å². The van der Waals surface area contributed by atoms with Crippen LogP contribution in [-0.4, -0.2) is 15.2 Å². The summed E-state index contributed by atoms with van der Waals surface area (Å²) in [5, 5.41) is 0. The number of rotatable bonds is 2. The fourth-order valence-corrected chi connectivity index (χ4v) is 3.58. The second-order valence-corrected chi connectivity index (χ2v) is 6.61. The van der Waals surface area contributed by atoms with Crippen molar-refractivity contribution >= 4 is 46.0 Å². The first-order chi connectivity index (χ1) is 10.1. The number of thioether (sulfide) groups is 1. The quantitative estimate of drug-likeness (QED) is 0.671. The molecule has 5 heteroatoms. The Morgan fingerprint density at radius 1 is 1.29 bits per heavy atom. The van der Waals surface area contributed by atoms with E-state index in [-0.39, 0.29) is 5.91 Å². The zero-order chi connectivity index (χ0) is 15.0. The number of amides is 1. The average molecular weight is 314 g/mol. The standard InChI is InChI=1S/C16H14N2OS2/c1-10-5-6-13(11(2)8-10)18-15(19)14(21-16(18)20)9-12-4-3-7-17-12/h3-9,17H,1-2H3/b14-9-. The van der Waals surface area contributed by atoms with E-state index in [9.17, 15) is 4.79 Å². The van der Waals surface area contributed by atoms with Crippen LogP contribution in [0.3, 0.4) is 0 Å². The predicted octanol–water partition coefficient (Wildman–Crippen LogP) is 4.04. The van der Waals surface area contributed by atoms with Crippen LogP contribution in [0.25, 0.3) is 6.08 Å². The van der Waals surface area contributed by atoms with E-state index in [0.717, 1.165) is 16.9 Å². The van der Waals surface area contributed by atoms with Gasteiger partial charge in [-0.3, -0.25) is 9.69 Å². The zero-order valence-corrected chi connectivity index (χ0v) is 13.3. The third-order valence-corrected chi connectivity index (χ3v) is 4.60. The number of benzene rings is 1. The van der Waals surface area contributed by atoms with Crippen molar-refractivity contribution < 1.29 is 4.79 Å². The van der Waals surface area contributed by atoms with Gasteiger partial charge in [0.05, 0.1) is 10.6 Å². The molecule has 0 radical (unpaired) electrons. The molecule has 0 bridgehead atoms. The van der Waals surface area contributed by atoms with Gasteiger partial charge in [0.25, 0.3) is 5.91 Å². The molecule has 3 rings (SSSR count). The van der Waals surface area contributed by atoms with Crippen molar-refractivity contribution in [2.24, 2.45) is 0 Å². The number of anilines is 1. The molecular formula is C16H14N2OS2. The van der Waals surface area contributed by atoms with Gasteiger partial charge < -0.3 is 4.98 Å². The molecule has 0 atom stereocenters. The number of nitrogens with zero attached hydrogens (tertiary/aromatic N) is 1. The van der Waals surface area contributed by atoms with Gasteiger partial charge in [-0.25, -0.2) is 0 Å². The van der Waals surface area contributed by atoms with Crippen LogP contribution in [0.1, 0.15) is 16.8 Å². The summed E-state index contributed by atoms with van der Waals surface area (Å²) in [6.45, 7) is 4.03. The van der Waals surface area contributed by atoms with Crippen molar-refractivity contribution in [2.75, 3.05) is 4.90 Å². The number of aromatic nitrogens is 1. The third kappa shape index (κ3) is 2.66. The predicted molar refractivity (Wildman–Crippen MR) is 92.4 cm³/mol. The van der Waals surface area contributed by atoms with Crippen molar-refractivity contribution in [3.63, 3.8) is 0 Å². The fourth-order valence-electron chi connectivity index (χ4n) is 2.31. The van der Waals surface area contributed by atoms with E-state index in [0.29, 0.717) is 9.23 Å². The van der Waals surface area contributed by atoms with Crippen LogP contribution in [0.15, 0.2) is 41.4 Å². The number of aromatic amines is 1. The summed E-state index contributed by atoms with van der Waals surface area (Å²) in [5.74, 6) is -0.0634. The first-order valence-corrected chi connectivity index (χ1v) is 7.77. The zero-order valence-electron chi connectivity index (χ0n) is 11.7. The first kappa shape index (κ1) is 14.1. The van der Waals surface area contributed by atoms with Gasteiger partial charge in [-0.05, 0) is 43.7 Å². The highest BCUT2D eigenvalue weighted by molar-refractivity contribution is 8.27. The molecule has 1 aliphatic heterocycles. The van der Waals surface area contributed by atoms with Gasteiger partial charge in [-0.2, -0.15) is 0 Å². The smallest absolute Gasteiger partial charge is 0.270 e. The van der Waals surface area contributed by atoms with Crippen LogP contribution >= 0.6 is 24.0 Å². The molecule has 1 aliphatic rings. The molecule has 21 heavy (non-hydrogen) atoms. The van der Waals surface area contributed by atoms with Gasteiger partial charge in [-0.1, -0.05) is 41.7 Å².